The highest BCUT2D eigenvalue weighted by molar-refractivity contribution is 9.10. The summed E-state index contributed by atoms with van der Waals surface area (Å²) in [6.45, 7) is 1.22. The lowest BCUT2D eigenvalue weighted by Crippen LogP contribution is -2.70. The molecule has 11 nitrogen and oxygen atoms in total. The number of carbonyl (C=O) groups excluding carboxylic acids is 2. The molecule has 1 saturated heterocycles. The molecule has 2 aromatic carbocycles. The molecule has 2 aliphatic rings. The fraction of sp³-hybridized carbons (Fsp3) is 0.200. The van der Waals surface area contributed by atoms with Crippen LogP contribution in [0.2, 0.25) is 5.02 Å². The molecule has 40 heavy (non-hydrogen) atoms. The number of imidazole rings is 1. The van der Waals surface area contributed by atoms with Crippen molar-refractivity contribution >= 4 is 89.3 Å². The van der Waals surface area contributed by atoms with Crippen molar-refractivity contribution in [3.63, 3.8) is 0 Å². The molecule has 204 valence electrons. The first-order valence-electron chi connectivity index (χ1n) is 11.6. The number of carbonyl (C=O) groups is 3. The number of thiazole rings is 1. The molecule has 6 rings (SSSR count). The number of amides is 1. The van der Waals surface area contributed by atoms with Crippen molar-refractivity contribution in [2.24, 2.45) is 0 Å². The van der Waals surface area contributed by atoms with Crippen LogP contribution in [0.5, 0.6) is 0 Å². The number of hydrogen-bond acceptors (Lipinski definition) is 9. The van der Waals surface area contributed by atoms with E-state index in [4.69, 9.17) is 16.3 Å². The van der Waals surface area contributed by atoms with Crippen molar-refractivity contribution in [2.45, 2.75) is 29.1 Å². The Morgan fingerprint density at radius 1 is 1.30 bits per heavy atom. The molecule has 0 bridgehead atoms. The molecule has 4 aromatic rings. The third kappa shape index (κ3) is 4.08. The number of fused-ring (bicyclic) bond motifs is 4. The first kappa shape index (κ1) is 26.7. The van der Waals surface area contributed by atoms with E-state index in [0.717, 1.165) is 22.0 Å². The fourth-order valence-corrected chi connectivity index (χ4v) is 8.54. The molecular formula is C25H16BrClN4O7S2. The maximum atomic E-state index is 13.7. The number of carboxylic acids is 1. The van der Waals surface area contributed by atoms with E-state index in [0.29, 0.717) is 26.1 Å². The van der Waals surface area contributed by atoms with Crippen molar-refractivity contribution in [1.29, 1.82) is 0 Å². The Morgan fingerprint density at radius 3 is 2.67 bits per heavy atom. The molecular weight excluding hydrogens is 648 g/mol. The molecule has 1 fully saturated rings. The van der Waals surface area contributed by atoms with Gasteiger partial charge in [-0.3, -0.25) is 29.0 Å². The molecule has 4 heterocycles. The van der Waals surface area contributed by atoms with E-state index in [1.54, 1.807) is 34.9 Å². The van der Waals surface area contributed by atoms with E-state index in [1.165, 1.54) is 35.3 Å². The normalized spacial score (nSPS) is 21.0. The van der Waals surface area contributed by atoms with Crippen LogP contribution in [-0.4, -0.2) is 51.9 Å². The van der Waals surface area contributed by atoms with Crippen LogP contribution in [0.4, 0.5) is 5.69 Å². The predicted octanol–water partition coefficient (Wildman–Crippen LogP) is 5.30. The number of benzene rings is 2. The van der Waals surface area contributed by atoms with E-state index < -0.39 is 38.6 Å². The number of halogens is 2. The van der Waals surface area contributed by atoms with Crippen LogP contribution in [0.15, 0.2) is 59.3 Å². The number of nitro groups is 1. The second-order valence-corrected chi connectivity index (χ2v) is 13.0. The minimum atomic E-state index is -1.50. The lowest BCUT2D eigenvalue weighted by molar-refractivity contribution is -0.384. The minimum absolute atomic E-state index is 0.0898. The average Bonchev–Trinajstić information content (AvgIpc) is 3.57. The Kier molecular flexibility index (Phi) is 6.40. The Balaban J connectivity index is 1.36. The zero-order valence-corrected chi connectivity index (χ0v) is 24.2. The van der Waals surface area contributed by atoms with Gasteiger partial charge in [0.05, 0.1) is 15.1 Å². The molecule has 15 heteroatoms. The molecule has 0 radical (unpaired) electrons. The first-order chi connectivity index (χ1) is 19.0. The molecule has 1 N–H and O–H groups in total. The number of rotatable bonds is 7. The maximum Gasteiger partial charge on any atom is 0.353 e. The van der Waals surface area contributed by atoms with Crippen LogP contribution >= 0.6 is 50.6 Å². The predicted molar refractivity (Wildman–Crippen MR) is 151 cm³/mol. The number of alkyl halides is 1. The number of esters is 1. The Labute approximate surface area is 246 Å². The zero-order chi connectivity index (χ0) is 28.5. The summed E-state index contributed by atoms with van der Waals surface area (Å²) in [5.41, 5.74) is 1.48. The third-order valence-corrected chi connectivity index (χ3v) is 10.8. The number of non-ortho nitro benzene ring substituents is 1. The lowest BCUT2D eigenvalue weighted by atomic mass is 9.88. The number of aromatic nitrogens is 2. The molecule has 3 atom stereocenters. The molecule has 0 aliphatic carbocycles. The van der Waals surface area contributed by atoms with Gasteiger partial charge in [-0.2, -0.15) is 0 Å². The van der Waals surface area contributed by atoms with Gasteiger partial charge in [0, 0.05) is 41.6 Å². The van der Waals surface area contributed by atoms with Crippen LogP contribution in [0.1, 0.15) is 24.3 Å². The quantitative estimate of drug-likeness (QED) is 0.0915. The molecule has 3 unspecified atom stereocenters. The highest BCUT2D eigenvalue weighted by atomic mass is 79.9. The highest BCUT2D eigenvalue weighted by Crippen LogP contribution is 2.60. The Hall–Kier alpha value is -3.46. The molecule has 2 aliphatic heterocycles. The monoisotopic (exact) mass is 662 g/mol. The number of nitrogens with zero attached hydrogens (tertiary/aromatic N) is 4. The number of hydrogen-bond donors (Lipinski definition) is 1. The van der Waals surface area contributed by atoms with Crippen LogP contribution in [-0.2, 0) is 25.5 Å². The summed E-state index contributed by atoms with van der Waals surface area (Å²) in [7, 11) is 0. The van der Waals surface area contributed by atoms with Gasteiger partial charge in [0.15, 0.2) is 15.4 Å². The SMILES string of the molecule is CC(=O)OC(c1cn2c(n1)sc1ccc(Cl)cc12)C1(Br)C(=O)N2C(C(=O)O)=C(Cc3ccc([N+](=O)[O-])cc3)SC21. The standard InChI is InChI=1S/C25H16BrClN4O7S2/c1-11(32)38-20(15-10-29-16-9-13(27)4-7-17(16)40-24(29)28-15)25(26)22(35)30-19(21(33)34)18(39-23(25)30)8-12-2-5-14(6-3-12)31(36)37/h2-7,9-10,20,23H,8H2,1H3,(H,33,34). The summed E-state index contributed by atoms with van der Waals surface area (Å²) in [6.07, 6.45) is 0.653. The number of β-lactam (4-membered cyclic amide) rings is 1. The van der Waals surface area contributed by atoms with Crippen molar-refractivity contribution in [3.8, 4) is 0 Å². The number of ether oxygens (including phenoxy) is 1. The zero-order valence-electron chi connectivity index (χ0n) is 20.2. The molecule has 2 aromatic heterocycles. The maximum absolute atomic E-state index is 13.7. The van der Waals surface area contributed by atoms with E-state index in [2.05, 4.69) is 20.9 Å². The van der Waals surface area contributed by atoms with Gasteiger partial charge < -0.3 is 9.84 Å². The van der Waals surface area contributed by atoms with Crippen molar-refractivity contribution in [3.05, 3.63) is 85.7 Å². The van der Waals surface area contributed by atoms with Gasteiger partial charge in [-0.15, -0.1) is 11.8 Å². The Morgan fingerprint density at radius 2 is 2.02 bits per heavy atom. The smallest absolute Gasteiger partial charge is 0.353 e. The lowest BCUT2D eigenvalue weighted by Gasteiger charge is -2.51. The van der Waals surface area contributed by atoms with E-state index >= 15 is 0 Å². The average molecular weight is 664 g/mol. The summed E-state index contributed by atoms with van der Waals surface area (Å²) in [6, 6.07) is 11.2. The molecule has 1 amide bonds. The van der Waals surface area contributed by atoms with Crippen LogP contribution in [0.3, 0.4) is 0 Å². The van der Waals surface area contributed by atoms with Gasteiger partial charge in [-0.1, -0.05) is 51.0 Å². The first-order valence-corrected chi connectivity index (χ1v) is 14.5. The van der Waals surface area contributed by atoms with Gasteiger partial charge >= 0.3 is 11.9 Å². The minimum Gasteiger partial charge on any atom is -0.477 e. The van der Waals surface area contributed by atoms with Crippen LogP contribution in [0.25, 0.3) is 15.2 Å². The third-order valence-electron chi connectivity index (χ3n) is 6.62. The largest absolute Gasteiger partial charge is 0.477 e. The molecule has 0 saturated carbocycles. The van der Waals surface area contributed by atoms with Crippen LogP contribution in [0, 0.1) is 10.1 Å². The Bertz CT molecular complexity index is 1800. The summed E-state index contributed by atoms with van der Waals surface area (Å²) < 4.78 is 6.91. The van der Waals surface area contributed by atoms with Gasteiger partial charge in [-0.25, -0.2) is 9.78 Å². The number of aliphatic carboxylic acids is 1. The second kappa shape index (κ2) is 9.58. The van der Waals surface area contributed by atoms with Gasteiger partial charge in [0.25, 0.3) is 11.6 Å². The van der Waals surface area contributed by atoms with Gasteiger partial charge in [0.1, 0.15) is 16.8 Å². The number of thioether (sulfide) groups is 1. The number of nitro benzene ring substituents is 1. The van der Waals surface area contributed by atoms with Crippen molar-refractivity contribution in [1.82, 2.24) is 14.3 Å². The summed E-state index contributed by atoms with van der Waals surface area (Å²) in [5, 5.41) is 20.8. The second-order valence-electron chi connectivity index (χ2n) is 9.11. The number of carboxylic acid groups (broad SMARTS) is 1. The highest BCUT2D eigenvalue weighted by Gasteiger charge is 2.70. The van der Waals surface area contributed by atoms with E-state index in [9.17, 15) is 29.6 Å². The summed E-state index contributed by atoms with van der Waals surface area (Å²) in [4.78, 5) is 55.4. The fourth-order valence-electron chi connectivity index (χ4n) is 4.85. The van der Waals surface area contributed by atoms with Crippen molar-refractivity contribution in [2.75, 3.05) is 0 Å². The summed E-state index contributed by atoms with van der Waals surface area (Å²) in [5.74, 6) is -2.51. The topological polar surface area (TPSA) is 144 Å². The van der Waals surface area contributed by atoms with Crippen LogP contribution < -0.4 is 0 Å². The summed E-state index contributed by atoms with van der Waals surface area (Å²) >= 11 is 12.3. The molecule has 0 spiro atoms. The van der Waals surface area contributed by atoms with E-state index in [1.807, 2.05) is 6.07 Å². The van der Waals surface area contributed by atoms with E-state index in [-0.39, 0.29) is 17.8 Å². The van der Waals surface area contributed by atoms with Crippen molar-refractivity contribution < 1.29 is 29.2 Å². The van der Waals surface area contributed by atoms with Gasteiger partial charge in [-0.05, 0) is 23.8 Å². The van der Waals surface area contributed by atoms with Gasteiger partial charge in [0.2, 0.25) is 0 Å². The number of allylic oxidation sites excluding steroid dienone is 1.